The van der Waals surface area contributed by atoms with E-state index in [2.05, 4.69) is 0 Å². The van der Waals surface area contributed by atoms with Crippen molar-refractivity contribution in [1.82, 2.24) is 0 Å². The monoisotopic (exact) mass is 210 g/mol. The van der Waals surface area contributed by atoms with Crippen molar-refractivity contribution in [2.75, 3.05) is 6.26 Å². The maximum Gasteiger partial charge on any atom is 0.152 e. The topological polar surface area (TPSA) is 59.1 Å². The van der Waals surface area contributed by atoms with Crippen molar-refractivity contribution in [3.8, 4) is 5.75 Å². The summed E-state index contributed by atoms with van der Waals surface area (Å²) in [4.78, 5) is 1.06. The molecule has 3 N–H and O–H groups in total. The number of hydrogen-bond donors (Lipinski definition) is 2. The summed E-state index contributed by atoms with van der Waals surface area (Å²) in [5, 5.41) is 7.22. The second kappa shape index (κ2) is 4.91. The van der Waals surface area contributed by atoms with Crippen LogP contribution in [0, 0.1) is 5.41 Å². The van der Waals surface area contributed by atoms with E-state index in [1.54, 1.807) is 18.7 Å². The lowest BCUT2D eigenvalue weighted by Gasteiger charge is -2.15. The van der Waals surface area contributed by atoms with Crippen LogP contribution in [0.3, 0.4) is 0 Å². The van der Waals surface area contributed by atoms with Crippen LogP contribution in [0.2, 0.25) is 0 Å². The average molecular weight is 210 g/mol. The first-order chi connectivity index (χ1) is 6.65. The van der Waals surface area contributed by atoms with Crippen LogP contribution >= 0.6 is 11.8 Å². The molecule has 76 valence electrons. The third-order valence-corrected chi connectivity index (χ3v) is 2.59. The number of hydrogen-bond acceptors (Lipinski definition) is 3. The number of nitrogens with one attached hydrogen (secondary N) is 1. The van der Waals surface area contributed by atoms with Crippen molar-refractivity contribution in [2.45, 2.75) is 17.9 Å². The molecule has 0 radical (unpaired) electrons. The largest absolute Gasteiger partial charge is 0.482 e. The third kappa shape index (κ3) is 2.67. The summed E-state index contributed by atoms with van der Waals surface area (Å²) in [6.07, 6.45) is 1.61. The van der Waals surface area contributed by atoms with Gasteiger partial charge in [-0.05, 0) is 25.3 Å². The number of nitrogens with two attached hydrogens (primary N) is 1. The lowest BCUT2D eigenvalue weighted by atomic mass is 10.3. The fourth-order valence-electron chi connectivity index (χ4n) is 0.970. The molecule has 4 heteroatoms. The predicted molar refractivity (Wildman–Crippen MR) is 60.2 cm³/mol. The lowest BCUT2D eigenvalue weighted by molar-refractivity contribution is 0.278. The molecule has 0 saturated heterocycles. The molecule has 1 atom stereocenters. The second-order valence-electron chi connectivity index (χ2n) is 2.87. The summed E-state index contributed by atoms with van der Waals surface area (Å²) in [7, 11) is 0. The molecule has 0 amide bonds. The summed E-state index contributed by atoms with van der Waals surface area (Å²) in [6, 6.07) is 7.72. The van der Waals surface area contributed by atoms with E-state index in [0.29, 0.717) is 0 Å². The van der Waals surface area contributed by atoms with E-state index in [1.165, 1.54) is 0 Å². The van der Waals surface area contributed by atoms with E-state index in [9.17, 15) is 0 Å². The highest BCUT2D eigenvalue weighted by atomic mass is 32.2. The van der Waals surface area contributed by atoms with Crippen molar-refractivity contribution < 1.29 is 4.74 Å². The van der Waals surface area contributed by atoms with E-state index in [1.807, 2.05) is 30.5 Å². The molecule has 3 nitrogen and oxygen atoms in total. The number of para-hydroxylation sites is 1. The Hall–Kier alpha value is -1.16. The quantitative estimate of drug-likeness (QED) is 0.454. The molecular formula is C10H14N2OS. The Morgan fingerprint density at radius 3 is 2.71 bits per heavy atom. The first kappa shape index (κ1) is 10.9. The first-order valence-electron chi connectivity index (χ1n) is 4.28. The maximum atomic E-state index is 7.22. The summed E-state index contributed by atoms with van der Waals surface area (Å²) < 4.78 is 5.53. The Morgan fingerprint density at radius 1 is 1.50 bits per heavy atom. The fraction of sp³-hybridized carbons (Fsp3) is 0.300. The van der Waals surface area contributed by atoms with Crippen LogP contribution < -0.4 is 10.5 Å². The highest BCUT2D eigenvalue weighted by Crippen LogP contribution is 2.27. The van der Waals surface area contributed by atoms with E-state index in [4.69, 9.17) is 15.9 Å². The minimum atomic E-state index is -0.372. The molecule has 1 unspecified atom stereocenters. The van der Waals surface area contributed by atoms with Gasteiger partial charge in [0.25, 0.3) is 0 Å². The SMILES string of the molecule is CSc1ccccc1OC(C)C(=N)N. The summed E-state index contributed by atoms with van der Waals surface area (Å²) >= 11 is 1.61. The highest BCUT2D eigenvalue weighted by molar-refractivity contribution is 7.98. The number of amidine groups is 1. The van der Waals surface area contributed by atoms with E-state index in [-0.39, 0.29) is 11.9 Å². The molecule has 0 aliphatic heterocycles. The van der Waals surface area contributed by atoms with Crippen molar-refractivity contribution >= 4 is 17.6 Å². The normalized spacial score (nSPS) is 12.1. The van der Waals surface area contributed by atoms with Crippen LogP contribution in [0.4, 0.5) is 0 Å². The zero-order valence-corrected chi connectivity index (χ0v) is 9.10. The van der Waals surface area contributed by atoms with Crippen LogP contribution in [-0.4, -0.2) is 18.2 Å². The minimum Gasteiger partial charge on any atom is -0.482 e. The zero-order chi connectivity index (χ0) is 10.6. The summed E-state index contributed by atoms with van der Waals surface area (Å²) in [5.74, 6) is 0.823. The van der Waals surface area contributed by atoms with Crippen molar-refractivity contribution in [3.05, 3.63) is 24.3 Å². The number of rotatable bonds is 4. The fourth-order valence-corrected chi connectivity index (χ4v) is 1.50. The van der Waals surface area contributed by atoms with Gasteiger partial charge in [-0.2, -0.15) is 0 Å². The molecule has 0 aromatic heterocycles. The zero-order valence-electron chi connectivity index (χ0n) is 8.28. The molecule has 14 heavy (non-hydrogen) atoms. The first-order valence-corrected chi connectivity index (χ1v) is 5.51. The number of thioether (sulfide) groups is 1. The van der Waals surface area contributed by atoms with Gasteiger partial charge in [0.15, 0.2) is 6.10 Å². The molecular weight excluding hydrogens is 196 g/mol. The van der Waals surface area contributed by atoms with Crippen LogP contribution in [0.25, 0.3) is 0 Å². The van der Waals surface area contributed by atoms with Gasteiger partial charge in [-0.3, -0.25) is 5.41 Å². The van der Waals surface area contributed by atoms with Gasteiger partial charge in [-0.1, -0.05) is 12.1 Å². The Kier molecular flexibility index (Phi) is 3.83. The van der Waals surface area contributed by atoms with Gasteiger partial charge in [0, 0.05) is 4.90 Å². The smallest absolute Gasteiger partial charge is 0.152 e. The van der Waals surface area contributed by atoms with Gasteiger partial charge in [-0.15, -0.1) is 11.8 Å². The number of ether oxygens (including phenoxy) is 1. The third-order valence-electron chi connectivity index (χ3n) is 1.81. The molecule has 0 aliphatic carbocycles. The lowest BCUT2D eigenvalue weighted by Crippen LogP contribution is -2.30. The Balaban J connectivity index is 2.80. The molecule has 1 aromatic carbocycles. The maximum absolute atomic E-state index is 7.22. The van der Waals surface area contributed by atoms with Crippen molar-refractivity contribution in [3.63, 3.8) is 0 Å². The number of benzene rings is 1. The van der Waals surface area contributed by atoms with Crippen LogP contribution in [0.1, 0.15) is 6.92 Å². The van der Waals surface area contributed by atoms with Gasteiger partial charge in [0.1, 0.15) is 11.6 Å². The summed E-state index contributed by atoms with van der Waals surface area (Å²) in [6.45, 7) is 1.76. The molecule has 0 spiro atoms. The van der Waals surface area contributed by atoms with Crippen LogP contribution in [-0.2, 0) is 0 Å². The predicted octanol–water partition coefficient (Wildman–Crippen LogP) is 2.11. The molecule has 0 saturated carbocycles. The standard InChI is InChI=1S/C10H14N2OS/c1-7(10(11)12)13-8-5-3-4-6-9(8)14-2/h3-7H,1-2H3,(H3,11,12). The molecule has 1 aromatic rings. The highest BCUT2D eigenvalue weighted by Gasteiger charge is 2.09. The second-order valence-corrected chi connectivity index (χ2v) is 3.71. The van der Waals surface area contributed by atoms with Gasteiger partial charge in [0.2, 0.25) is 0 Å². The van der Waals surface area contributed by atoms with E-state index in [0.717, 1.165) is 10.6 Å². The van der Waals surface area contributed by atoms with Gasteiger partial charge in [0.05, 0.1) is 0 Å². The molecule has 0 aliphatic rings. The average Bonchev–Trinajstić information content (AvgIpc) is 2.18. The summed E-state index contributed by atoms with van der Waals surface area (Å²) in [5.41, 5.74) is 5.33. The van der Waals surface area contributed by atoms with Gasteiger partial charge >= 0.3 is 0 Å². The van der Waals surface area contributed by atoms with Crippen LogP contribution in [0.15, 0.2) is 29.2 Å². The van der Waals surface area contributed by atoms with Crippen molar-refractivity contribution in [1.29, 1.82) is 5.41 Å². The Bertz CT molecular complexity index is 328. The van der Waals surface area contributed by atoms with Gasteiger partial charge in [-0.25, -0.2) is 0 Å². The molecule has 0 bridgehead atoms. The van der Waals surface area contributed by atoms with Crippen LogP contribution in [0.5, 0.6) is 5.75 Å². The van der Waals surface area contributed by atoms with Gasteiger partial charge < -0.3 is 10.5 Å². The van der Waals surface area contributed by atoms with E-state index >= 15 is 0 Å². The Labute approximate surface area is 88.2 Å². The molecule has 0 heterocycles. The molecule has 1 rings (SSSR count). The Morgan fingerprint density at radius 2 is 2.14 bits per heavy atom. The molecule has 0 fully saturated rings. The van der Waals surface area contributed by atoms with E-state index < -0.39 is 0 Å². The minimum absolute atomic E-state index is 0.0425. The van der Waals surface area contributed by atoms with Crippen molar-refractivity contribution in [2.24, 2.45) is 5.73 Å².